The van der Waals surface area contributed by atoms with Crippen LogP contribution >= 0.6 is 11.6 Å². The van der Waals surface area contributed by atoms with Gasteiger partial charge in [0.2, 0.25) is 0 Å². The van der Waals surface area contributed by atoms with Crippen LogP contribution in [0.4, 0.5) is 5.69 Å². The fourth-order valence-electron chi connectivity index (χ4n) is 3.24. The molecular formula is C19H17ClN4O2. The molecule has 0 atom stereocenters. The van der Waals surface area contributed by atoms with Gasteiger partial charge in [-0.3, -0.25) is 14.3 Å². The lowest BCUT2D eigenvalue weighted by Crippen LogP contribution is -2.30. The van der Waals surface area contributed by atoms with Crippen LogP contribution in [0.25, 0.3) is 0 Å². The maximum absolute atomic E-state index is 12.2. The van der Waals surface area contributed by atoms with Gasteiger partial charge in [0.15, 0.2) is 0 Å². The van der Waals surface area contributed by atoms with Crippen molar-refractivity contribution >= 4 is 29.0 Å². The molecule has 1 aliphatic carbocycles. The van der Waals surface area contributed by atoms with E-state index in [1.54, 1.807) is 18.2 Å². The molecule has 0 unspecified atom stereocenters. The van der Waals surface area contributed by atoms with Crippen LogP contribution in [0.2, 0.25) is 5.02 Å². The lowest BCUT2D eigenvalue weighted by molar-refractivity contribution is -0.114. The molecule has 2 aliphatic rings. The van der Waals surface area contributed by atoms with Gasteiger partial charge in [0.1, 0.15) is 0 Å². The fraction of sp³-hybridized carbons (Fsp3) is 0.263. The predicted octanol–water partition coefficient (Wildman–Crippen LogP) is 3.15. The number of aryl methyl sites for hydroxylation is 1. The Morgan fingerprint density at radius 3 is 2.65 bits per heavy atom. The number of carbonyl (C=O) groups excluding carboxylic acids is 2. The van der Waals surface area contributed by atoms with Crippen molar-refractivity contribution in [3.8, 4) is 0 Å². The number of amides is 1. The monoisotopic (exact) mass is 368 g/mol. The van der Waals surface area contributed by atoms with E-state index in [0.717, 1.165) is 25.1 Å². The fourth-order valence-corrected chi connectivity index (χ4v) is 3.41. The molecule has 2 aromatic rings. The maximum Gasteiger partial charge on any atom is 0.299 e. The van der Waals surface area contributed by atoms with E-state index in [2.05, 4.69) is 22.5 Å². The van der Waals surface area contributed by atoms with E-state index in [1.807, 2.05) is 23.0 Å². The minimum Gasteiger partial charge on any atom is -0.305 e. The van der Waals surface area contributed by atoms with E-state index >= 15 is 0 Å². The van der Waals surface area contributed by atoms with Crippen LogP contribution in [0.5, 0.6) is 0 Å². The summed E-state index contributed by atoms with van der Waals surface area (Å²) in [6, 6.07) is 4.98. The number of hydrogen-bond acceptors (Lipinski definition) is 4. The van der Waals surface area contributed by atoms with Gasteiger partial charge in [-0.2, -0.15) is 0 Å². The lowest BCUT2D eigenvalue weighted by Gasteiger charge is -2.16. The molecule has 132 valence electrons. The van der Waals surface area contributed by atoms with Crippen LogP contribution in [0.3, 0.4) is 0 Å². The number of benzene rings is 1. The number of Topliss-reactive ketones (excluding diaryl/α,β-unsaturated/α-hetero) is 1. The van der Waals surface area contributed by atoms with Gasteiger partial charge in [-0.15, -0.1) is 5.10 Å². The summed E-state index contributed by atoms with van der Waals surface area (Å²) in [6.07, 6.45) is 11.7. The van der Waals surface area contributed by atoms with Gasteiger partial charge in [-0.05, 0) is 31.0 Å². The Morgan fingerprint density at radius 1 is 1.08 bits per heavy atom. The van der Waals surface area contributed by atoms with E-state index in [-0.39, 0.29) is 5.92 Å². The maximum atomic E-state index is 12.2. The van der Waals surface area contributed by atoms with Gasteiger partial charge < -0.3 is 4.90 Å². The normalized spacial score (nSPS) is 16.1. The smallest absolute Gasteiger partial charge is 0.299 e. The van der Waals surface area contributed by atoms with Crippen LogP contribution in [0, 0.1) is 0 Å². The van der Waals surface area contributed by atoms with Crippen molar-refractivity contribution in [2.24, 2.45) is 0 Å². The highest BCUT2D eigenvalue weighted by atomic mass is 35.5. The topological polar surface area (TPSA) is 68.1 Å². The third-order valence-electron chi connectivity index (χ3n) is 4.60. The number of carbonyl (C=O) groups is 2. The number of fused-ring (bicyclic) bond motifs is 1. The van der Waals surface area contributed by atoms with Crippen molar-refractivity contribution in [3.05, 3.63) is 65.0 Å². The van der Waals surface area contributed by atoms with Crippen molar-refractivity contribution in [1.29, 1.82) is 0 Å². The second-order valence-electron chi connectivity index (χ2n) is 6.36. The number of halogens is 1. The summed E-state index contributed by atoms with van der Waals surface area (Å²) in [5.41, 5.74) is 1.97. The predicted molar refractivity (Wildman–Crippen MR) is 98.4 cm³/mol. The van der Waals surface area contributed by atoms with E-state index < -0.39 is 11.7 Å². The summed E-state index contributed by atoms with van der Waals surface area (Å²) in [7, 11) is 0. The van der Waals surface area contributed by atoms with Crippen LogP contribution in [-0.2, 0) is 11.3 Å². The Balaban J connectivity index is 1.33. The lowest BCUT2D eigenvalue weighted by atomic mass is 10.1. The first-order chi connectivity index (χ1) is 12.6. The second-order valence-corrected chi connectivity index (χ2v) is 6.79. The summed E-state index contributed by atoms with van der Waals surface area (Å²) < 4.78 is 1.82. The summed E-state index contributed by atoms with van der Waals surface area (Å²) >= 11 is 5.92. The molecule has 1 aliphatic heterocycles. The summed E-state index contributed by atoms with van der Waals surface area (Å²) in [5.74, 6) is -0.758. The minimum absolute atomic E-state index is 0.209. The van der Waals surface area contributed by atoms with Gasteiger partial charge in [0.25, 0.3) is 11.7 Å². The average molecular weight is 369 g/mol. The molecule has 1 aromatic carbocycles. The molecular weight excluding hydrogens is 352 g/mol. The van der Waals surface area contributed by atoms with Crippen molar-refractivity contribution < 1.29 is 9.59 Å². The number of allylic oxidation sites excluding steroid dienone is 4. The molecule has 0 bridgehead atoms. The van der Waals surface area contributed by atoms with Crippen molar-refractivity contribution in [3.63, 3.8) is 0 Å². The third kappa shape index (κ3) is 3.08. The van der Waals surface area contributed by atoms with Gasteiger partial charge in [0.05, 0.1) is 16.9 Å². The van der Waals surface area contributed by atoms with Crippen molar-refractivity contribution in [2.45, 2.75) is 25.3 Å². The van der Waals surface area contributed by atoms with Gasteiger partial charge >= 0.3 is 0 Å². The second kappa shape index (κ2) is 6.88. The molecule has 7 heteroatoms. The summed E-state index contributed by atoms with van der Waals surface area (Å²) in [6.45, 7) is 1.21. The number of rotatable bonds is 6. The van der Waals surface area contributed by atoms with Crippen LogP contribution in [0.1, 0.15) is 34.8 Å². The zero-order valence-electron chi connectivity index (χ0n) is 14.0. The Hall–Kier alpha value is -2.73. The SMILES string of the molecule is O=C1C(=O)N(CCCCn2cc(C3C=CC=C3)nn2)c2ccc(Cl)cc21. The van der Waals surface area contributed by atoms with Crippen molar-refractivity contribution in [2.75, 3.05) is 11.4 Å². The standard InChI is InChI=1S/C19H17ClN4O2/c20-14-7-8-17-15(11-14)18(25)19(26)24(17)10-4-3-9-23-12-16(21-22-23)13-5-1-2-6-13/h1-2,5-8,11-13H,3-4,9-10H2. The molecule has 4 rings (SSSR count). The number of aromatic nitrogens is 3. The van der Waals surface area contributed by atoms with E-state index in [1.165, 1.54) is 4.90 Å². The minimum atomic E-state index is -0.485. The number of unbranched alkanes of at least 4 members (excludes halogenated alkanes) is 1. The zero-order chi connectivity index (χ0) is 18.1. The number of nitrogens with zero attached hydrogens (tertiary/aromatic N) is 4. The van der Waals surface area contributed by atoms with E-state index in [4.69, 9.17) is 11.6 Å². The molecule has 0 spiro atoms. The van der Waals surface area contributed by atoms with Crippen LogP contribution in [0.15, 0.2) is 48.7 Å². The molecule has 1 amide bonds. The molecule has 1 aromatic heterocycles. The third-order valence-corrected chi connectivity index (χ3v) is 4.83. The number of hydrogen-bond donors (Lipinski definition) is 0. The van der Waals surface area contributed by atoms with Gasteiger partial charge in [-0.1, -0.05) is 41.1 Å². The average Bonchev–Trinajstić information content (AvgIpc) is 3.36. The highest BCUT2D eigenvalue weighted by Crippen LogP contribution is 2.31. The molecule has 0 fully saturated rings. The largest absolute Gasteiger partial charge is 0.305 e. The summed E-state index contributed by atoms with van der Waals surface area (Å²) in [5, 5.41) is 8.81. The Bertz CT molecular complexity index is 919. The van der Waals surface area contributed by atoms with Crippen LogP contribution in [-0.4, -0.2) is 33.2 Å². The van der Waals surface area contributed by atoms with Gasteiger partial charge in [0, 0.05) is 30.2 Å². The highest BCUT2D eigenvalue weighted by molar-refractivity contribution is 6.52. The molecule has 0 radical (unpaired) electrons. The quantitative estimate of drug-likeness (QED) is 0.580. The first-order valence-electron chi connectivity index (χ1n) is 8.54. The number of anilines is 1. The molecule has 6 nitrogen and oxygen atoms in total. The van der Waals surface area contributed by atoms with Crippen molar-refractivity contribution in [1.82, 2.24) is 15.0 Å². The van der Waals surface area contributed by atoms with Gasteiger partial charge in [-0.25, -0.2) is 0 Å². The van der Waals surface area contributed by atoms with E-state index in [0.29, 0.717) is 22.8 Å². The molecule has 0 saturated carbocycles. The molecule has 26 heavy (non-hydrogen) atoms. The summed E-state index contributed by atoms with van der Waals surface area (Å²) in [4.78, 5) is 25.8. The van der Waals surface area contributed by atoms with E-state index in [9.17, 15) is 9.59 Å². The first kappa shape index (κ1) is 16.7. The highest BCUT2D eigenvalue weighted by Gasteiger charge is 2.35. The Labute approximate surface area is 155 Å². The first-order valence-corrected chi connectivity index (χ1v) is 8.92. The molecule has 0 N–H and O–H groups in total. The molecule has 2 heterocycles. The Morgan fingerprint density at radius 2 is 1.85 bits per heavy atom. The van der Waals surface area contributed by atoms with Crippen LogP contribution < -0.4 is 4.90 Å². The Kier molecular flexibility index (Phi) is 4.42. The zero-order valence-corrected chi connectivity index (χ0v) is 14.8. The molecule has 0 saturated heterocycles. The number of ketones is 1.